The molecule has 1 amide bonds. The fraction of sp³-hybridized carbons (Fsp3) is 0.500. The zero-order valence-corrected chi connectivity index (χ0v) is 14.0. The molecular formula is C14H22BrClN2O. The lowest BCUT2D eigenvalue weighted by molar-refractivity contribution is -0.124. The third-order valence-electron chi connectivity index (χ3n) is 2.78. The van der Waals surface area contributed by atoms with Crippen LogP contribution in [0.25, 0.3) is 0 Å². The van der Waals surface area contributed by atoms with E-state index >= 15 is 0 Å². The van der Waals surface area contributed by atoms with Crippen molar-refractivity contribution in [3.8, 4) is 0 Å². The number of nitrogens with one attached hydrogen (secondary N) is 2. The molecule has 0 aliphatic rings. The van der Waals surface area contributed by atoms with Crippen molar-refractivity contribution in [2.24, 2.45) is 5.92 Å². The summed E-state index contributed by atoms with van der Waals surface area (Å²) in [5.41, 5.74) is 1.22. The summed E-state index contributed by atoms with van der Waals surface area (Å²) >= 11 is 3.45. The van der Waals surface area contributed by atoms with Crippen LogP contribution in [0, 0.1) is 5.92 Å². The number of carbonyl (C=O) groups is 1. The fourth-order valence-electron chi connectivity index (χ4n) is 1.85. The SMILES string of the molecule is CNCC(C)C(=O)NC(C)Cc1cccc(Br)c1.Cl. The molecule has 5 heteroatoms. The first-order valence-corrected chi connectivity index (χ1v) is 7.01. The second-order valence-corrected chi connectivity index (χ2v) is 5.62. The maximum absolute atomic E-state index is 11.8. The number of hydrogen-bond donors (Lipinski definition) is 2. The maximum atomic E-state index is 11.8. The summed E-state index contributed by atoms with van der Waals surface area (Å²) in [6.07, 6.45) is 0.845. The fourth-order valence-corrected chi connectivity index (χ4v) is 2.30. The van der Waals surface area contributed by atoms with Crippen molar-refractivity contribution in [2.45, 2.75) is 26.3 Å². The number of rotatable bonds is 6. The van der Waals surface area contributed by atoms with Crippen LogP contribution in [-0.2, 0) is 11.2 Å². The van der Waals surface area contributed by atoms with Crippen LogP contribution in [0.2, 0.25) is 0 Å². The predicted octanol–water partition coefficient (Wildman–Crippen LogP) is 2.77. The van der Waals surface area contributed by atoms with Crippen LogP contribution in [0.1, 0.15) is 19.4 Å². The van der Waals surface area contributed by atoms with Gasteiger partial charge in [-0.05, 0) is 38.1 Å². The summed E-state index contributed by atoms with van der Waals surface area (Å²) in [5.74, 6) is 0.104. The van der Waals surface area contributed by atoms with Crippen molar-refractivity contribution in [3.63, 3.8) is 0 Å². The highest BCUT2D eigenvalue weighted by atomic mass is 79.9. The van der Waals surface area contributed by atoms with Gasteiger partial charge in [-0.15, -0.1) is 12.4 Å². The van der Waals surface area contributed by atoms with Gasteiger partial charge >= 0.3 is 0 Å². The van der Waals surface area contributed by atoms with Crippen molar-refractivity contribution in [1.82, 2.24) is 10.6 Å². The monoisotopic (exact) mass is 348 g/mol. The molecule has 2 unspecified atom stereocenters. The van der Waals surface area contributed by atoms with Gasteiger partial charge in [-0.1, -0.05) is 35.0 Å². The van der Waals surface area contributed by atoms with Crippen LogP contribution in [0.3, 0.4) is 0 Å². The van der Waals surface area contributed by atoms with E-state index in [1.807, 2.05) is 33.0 Å². The number of amides is 1. The molecule has 2 atom stereocenters. The van der Waals surface area contributed by atoms with Crippen LogP contribution < -0.4 is 10.6 Å². The third-order valence-corrected chi connectivity index (χ3v) is 3.27. The normalized spacial score (nSPS) is 13.3. The van der Waals surface area contributed by atoms with E-state index in [0.29, 0.717) is 6.54 Å². The van der Waals surface area contributed by atoms with Gasteiger partial charge < -0.3 is 10.6 Å². The average Bonchev–Trinajstić information content (AvgIpc) is 2.28. The minimum absolute atomic E-state index is 0. The van der Waals surface area contributed by atoms with Crippen LogP contribution >= 0.6 is 28.3 Å². The lowest BCUT2D eigenvalue weighted by Gasteiger charge is -2.17. The molecule has 0 heterocycles. The molecule has 0 fully saturated rings. The summed E-state index contributed by atoms with van der Waals surface area (Å²) in [6.45, 7) is 4.66. The Morgan fingerprint density at radius 1 is 1.37 bits per heavy atom. The molecule has 1 aromatic rings. The van der Waals surface area contributed by atoms with Crippen LogP contribution in [-0.4, -0.2) is 25.5 Å². The van der Waals surface area contributed by atoms with Gasteiger partial charge in [0.1, 0.15) is 0 Å². The lowest BCUT2D eigenvalue weighted by Crippen LogP contribution is -2.40. The molecule has 108 valence electrons. The molecule has 1 rings (SSSR count). The van der Waals surface area contributed by atoms with Gasteiger partial charge in [0.05, 0.1) is 0 Å². The highest BCUT2D eigenvalue weighted by molar-refractivity contribution is 9.10. The van der Waals surface area contributed by atoms with E-state index in [-0.39, 0.29) is 30.3 Å². The Kier molecular flexibility index (Phi) is 9.06. The Hall–Kier alpha value is -0.580. The zero-order valence-electron chi connectivity index (χ0n) is 11.6. The molecule has 2 N–H and O–H groups in total. The van der Waals surface area contributed by atoms with Gasteiger partial charge in [-0.2, -0.15) is 0 Å². The van der Waals surface area contributed by atoms with E-state index in [9.17, 15) is 4.79 Å². The standard InChI is InChI=1S/C14H21BrN2O.ClH/c1-10(9-16-3)14(18)17-11(2)7-12-5-4-6-13(15)8-12;/h4-6,8,10-11,16H,7,9H2,1-3H3,(H,17,18);1H. The number of benzene rings is 1. The van der Waals surface area contributed by atoms with E-state index < -0.39 is 0 Å². The van der Waals surface area contributed by atoms with Gasteiger partial charge in [-0.3, -0.25) is 4.79 Å². The summed E-state index contributed by atoms with van der Waals surface area (Å²) < 4.78 is 1.07. The maximum Gasteiger partial charge on any atom is 0.224 e. The molecule has 19 heavy (non-hydrogen) atoms. The Balaban J connectivity index is 0.00000324. The number of halogens is 2. The van der Waals surface area contributed by atoms with Crippen molar-refractivity contribution in [1.29, 1.82) is 0 Å². The summed E-state index contributed by atoms with van der Waals surface area (Å²) in [4.78, 5) is 11.8. The van der Waals surface area contributed by atoms with Crippen molar-refractivity contribution >= 4 is 34.2 Å². The van der Waals surface area contributed by atoms with Crippen LogP contribution in [0.5, 0.6) is 0 Å². The second-order valence-electron chi connectivity index (χ2n) is 4.70. The van der Waals surface area contributed by atoms with Gasteiger partial charge in [0.25, 0.3) is 0 Å². The molecule has 0 aliphatic carbocycles. The highest BCUT2D eigenvalue weighted by Crippen LogP contribution is 2.13. The average molecular weight is 350 g/mol. The topological polar surface area (TPSA) is 41.1 Å². The first-order chi connectivity index (χ1) is 8.52. The molecule has 0 radical (unpaired) electrons. The van der Waals surface area contributed by atoms with E-state index in [1.54, 1.807) is 0 Å². The Morgan fingerprint density at radius 2 is 2.05 bits per heavy atom. The number of carbonyl (C=O) groups excluding carboxylic acids is 1. The lowest BCUT2D eigenvalue weighted by atomic mass is 10.1. The third kappa shape index (κ3) is 6.95. The van der Waals surface area contributed by atoms with Gasteiger partial charge in [0.15, 0.2) is 0 Å². The van der Waals surface area contributed by atoms with E-state index in [1.165, 1.54) is 5.56 Å². The summed E-state index contributed by atoms with van der Waals surface area (Å²) in [5, 5.41) is 6.05. The van der Waals surface area contributed by atoms with E-state index in [2.05, 4.69) is 38.7 Å². The van der Waals surface area contributed by atoms with E-state index in [4.69, 9.17) is 0 Å². The predicted molar refractivity (Wildman–Crippen MR) is 85.8 cm³/mol. The second kappa shape index (κ2) is 9.34. The van der Waals surface area contributed by atoms with Crippen molar-refractivity contribution in [2.75, 3.05) is 13.6 Å². The smallest absolute Gasteiger partial charge is 0.224 e. The van der Waals surface area contributed by atoms with Crippen molar-refractivity contribution < 1.29 is 4.79 Å². The Labute approximate surface area is 130 Å². The molecule has 0 spiro atoms. The largest absolute Gasteiger partial charge is 0.353 e. The minimum atomic E-state index is -0.0000375. The molecule has 0 saturated carbocycles. The summed E-state index contributed by atoms with van der Waals surface area (Å²) in [7, 11) is 1.86. The van der Waals surface area contributed by atoms with E-state index in [0.717, 1.165) is 10.9 Å². The Morgan fingerprint density at radius 3 is 2.63 bits per heavy atom. The Bertz CT molecular complexity index is 401. The van der Waals surface area contributed by atoms with Gasteiger partial charge in [0, 0.05) is 23.0 Å². The zero-order chi connectivity index (χ0) is 13.5. The van der Waals surface area contributed by atoms with Crippen LogP contribution in [0.4, 0.5) is 0 Å². The van der Waals surface area contributed by atoms with Crippen LogP contribution in [0.15, 0.2) is 28.7 Å². The molecule has 3 nitrogen and oxygen atoms in total. The molecular weight excluding hydrogens is 328 g/mol. The summed E-state index contributed by atoms with van der Waals surface area (Å²) in [6, 6.07) is 8.31. The molecule has 0 saturated heterocycles. The molecule has 0 aromatic heterocycles. The number of hydrogen-bond acceptors (Lipinski definition) is 2. The quantitative estimate of drug-likeness (QED) is 0.829. The van der Waals surface area contributed by atoms with Gasteiger partial charge in [-0.25, -0.2) is 0 Å². The molecule has 0 aliphatic heterocycles. The first-order valence-electron chi connectivity index (χ1n) is 6.22. The molecule has 1 aromatic carbocycles. The highest BCUT2D eigenvalue weighted by Gasteiger charge is 2.14. The molecule has 0 bridgehead atoms. The van der Waals surface area contributed by atoms with Crippen molar-refractivity contribution in [3.05, 3.63) is 34.3 Å². The minimum Gasteiger partial charge on any atom is -0.353 e. The van der Waals surface area contributed by atoms with Gasteiger partial charge in [0.2, 0.25) is 5.91 Å². The first kappa shape index (κ1) is 18.4.